The summed E-state index contributed by atoms with van der Waals surface area (Å²) in [5.41, 5.74) is 7.10. The van der Waals surface area contributed by atoms with Crippen LogP contribution in [-0.4, -0.2) is 15.9 Å². The summed E-state index contributed by atoms with van der Waals surface area (Å²) in [5.74, 6) is -0.198. The maximum absolute atomic E-state index is 12.0. The molecule has 18 heavy (non-hydrogen) atoms. The number of nitrogens with one attached hydrogen (secondary N) is 1. The maximum atomic E-state index is 12.0. The molecule has 2 aromatic rings. The van der Waals surface area contributed by atoms with E-state index in [1.807, 2.05) is 18.3 Å². The molecule has 3 N–H and O–H groups in total. The Hall–Kier alpha value is -1.84. The molecule has 1 saturated carbocycles. The number of pyridine rings is 1. The number of nitrogens with two attached hydrogens (primary N) is 1. The lowest BCUT2D eigenvalue weighted by Crippen LogP contribution is -2.42. The van der Waals surface area contributed by atoms with Gasteiger partial charge >= 0.3 is 0 Å². The molecule has 0 saturated heterocycles. The van der Waals surface area contributed by atoms with Crippen LogP contribution in [0.2, 0.25) is 0 Å². The molecular weight excluding hydrogens is 226 g/mol. The van der Waals surface area contributed by atoms with Crippen molar-refractivity contribution in [2.45, 2.75) is 37.5 Å². The van der Waals surface area contributed by atoms with Crippen molar-refractivity contribution in [2.24, 2.45) is 5.73 Å². The Morgan fingerprint density at radius 1 is 1.28 bits per heavy atom. The van der Waals surface area contributed by atoms with E-state index in [-0.39, 0.29) is 5.91 Å². The Morgan fingerprint density at radius 3 is 2.78 bits per heavy atom. The van der Waals surface area contributed by atoms with Crippen molar-refractivity contribution >= 4 is 16.9 Å². The van der Waals surface area contributed by atoms with Gasteiger partial charge in [0.15, 0.2) is 0 Å². The van der Waals surface area contributed by atoms with E-state index < -0.39 is 5.41 Å². The molecule has 0 unspecified atom stereocenters. The Balaban J connectivity index is 2.20. The van der Waals surface area contributed by atoms with E-state index in [1.54, 1.807) is 6.20 Å². The number of carbonyl (C=O) groups is 1. The van der Waals surface area contributed by atoms with Crippen molar-refractivity contribution in [1.82, 2.24) is 9.97 Å². The molecule has 0 bridgehead atoms. The first-order valence-electron chi connectivity index (χ1n) is 6.46. The third kappa shape index (κ3) is 1.52. The molecule has 1 aliphatic carbocycles. The van der Waals surface area contributed by atoms with Crippen LogP contribution in [0.3, 0.4) is 0 Å². The zero-order valence-electron chi connectivity index (χ0n) is 10.3. The topological polar surface area (TPSA) is 71.8 Å². The lowest BCUT2D eigenvalue weighted by atomic mass is 9.68. The maximum Gasteiger partial charge on any atom is 0.228 e. The molecule has 0 aromatic carbocycles. The van der Waals surface area contributed by atoms with Crippen molar-refractivity contribution in [3.8, 4) is 0 Å². The molecule has 4 heteroatoms. The van der Waals surface area contributed by atoms with Gasteiger partial charge in [-0.2, -0.15) is 0 Å². The minimum Gasteiger partial charge on any atom is -0.369 e. The Bertz CT molecular complexity index is 581. The zero-order valence-corrected chi connectivity index (χ0v) is 10.3. The van der Waals surface area contributed by atoms with Crippen LogP contribution in [0.25, 0.3) is 11.0 Å². The summed E-state index contributed by atoms with van der Waals surface area (Å²) in [7, 11) is 0. The van der Waals surface area contributed by atoms with Gasteiger partial charge in [0.05, 0.1) is 5.41 Å². The van der Waals surface area contributed by atoms with Crippen LogP contribution in [-0.2, 0) is 10.2 Å². The number of hydrogen-bond acceptors (Lipinski definition) is 2. The minimum absolute atomic E-state index is 0.198. The fourth-order valence-electron chi connectivity index (χ4n) is 3.18. The summed E-state index contributed by atoms with van der Waals surface area (Å²) < 4.78 is 0. The molecule has 2 aromatic heterocycles. The van der Waals surface area contributed by atoms with E-state index in [9.17, 15) is 4.79 Å². The molecule has 1 aliphatic rings. The highest BCUT2D eigenvalue weighted by Crippen LogP contribution is 2.41. The minimum atomic E-state index is -0.498. The van der Waals surface area contributed by atoms with Gasteiger partial charge in [-0.25, -0.2) is 4.98 Å². The Labute approximate surface area is 106 Å². The van der Waals surface area contributed by atoms with E-state index in [0.29, 0.717) is 0 Å². The van der Waals surface area contributed by atoms with Gasteiger partial charge in [-0.15, -0.1) is 0 Å². The van der Waals surface area contributed by atoms with Gasteiger partial charge < -0.3 is 10.7 Å². The number of amides is 1. The monoisotopic (exact) mass is 243 g/mol. The molecule has 0 spiro atoms. The van der Waals surface area contributed by atoms with E-state index >= 15 is 0 Å². The van der Waals surface area contributed by atoms with Gasteiger partial charge in [-0.1, -0.05) is 19.3 Å². The van der Waals surface area contributed by atoms with Crippen LogP contribution in [0.15, 0.2) is 24.5 Å². The van der Waals surface area contributed by atoms with Gasteiger partial charge in [-0.05, 0) is 30.5 Å². The Morgan fingerprint density at radius 2 is 2.06 bits per heavy atom. The van der Waals surface area contributed by atoms with Crippen LogP contribution in [0.4, 0.5) is 0 Å². The number of nitrogens with zero attached hydrogens (tertiary/aromatic N) is 1. The molecule has 0 radical (unpaired) electrons. The molecule has 1 fully saturated rings. The lowest BCUT2D eigenvalue weighted by molar-refractivity contribution is -0.124. The molecule has 1 amide bonds. The summed E-state index contributed by atoms with van der Waals surface area (Å²) in [6.07, 6.45) is 8.65. The average Bonchev–Trinajstić information content (AvgIpc) is 2.87. The first-order chi connectivity index (χ1) is 8.74. The van der Waals surface area contributed by atoms with Gasteiger partial charge in [-0.3, -0.25) is 4.79 Å². The van der Waals surface area contributed by atoms with Gasteiger partial charge in [0.1, 0.15) is 5.65 Å². The molecule has 0 atom stereocenters. The van der Waals surface area contributed by atoms with Crippen molar-refractivity contribution < 1.29 is 4.79 Å². The van der Waals surface area contributed by atoms with Gasteiger partial charge in [0.25, 0.3) is 0 Å². The number of H-pyrrole nitrogens is 1. The van der Waals surface area contributed by atoms with Gasteiger partial charge in [0.2, 0.25) is 5.91 Å². The van der Waals surface area contributed by atoms with Crippen LogP contribution >= 0.6 is 0 Å². The molecule has 3 rings (SSSR count). The third-order valence-corrected chi connectivity index (χ3v) is 4.15. The highest BCUT2D eigenvalue weighted by Gasteiger charge is 2.40. The van der Waals surface area contributed by atoms with Crippen molar-refractivity contribution in [3.05, 3.63) is 30.1 Å². The van der Waals surface area contributed by atoms with Crippen LogP contribution in [0, 0.1) is 0 Å². The molecule has 94 valence electrons. The average molecular weight is 243 g/mol. The summed E-state index contributed by atoms with van der Waals surface area (Å²) in [6.45, 7) is 0. The summed E-state index contributed by atoms with van der Waals surface area (Å²) in [4.78, 5) is 19.4. The number of fused-ring (bicyclic) bond motifs is 1. The summed E-state index contributed by atoms with van der Waals surface area (Å²) in [6, 6.07) is 3.93. The van der Waals surface area contributed by atoms with E-state index in [1.165, 1.54) is 6.42 Å². The molecule has 4 nitrogen and oxygen atoms in total. The first-order valence-corrected chi connectivity index (χ1v) is 6.46. The van der Waals surface area contributed by atoms with Crippen molar-refractivity contribution in [2.75, 3.05) is 0 Å². The van der Waals surface area contributed by atoms with Gasteiger partial charge in [0, 0.05) is 17.8 Å². The summed E-state index contributed by atoms with van der Waals surface area (Å²) in [5, 5.41) is 1.03. The number of aromatic amines is 1. The second kappa shape index (κ2) is 4.12. The van der Waals surface area contributed by atoms with Crippen molar-refractivity contribution in [1.29, 1.82) is 0 Å². The largest absolute Gasteiger partial charge is 0.369 e. The highest BCUT2D eigenvalue weighted by atomic mass is 16.1. The Kier molecular flexibility index (Phi) is 2.58. The molecule has 2 heterocycles. The predicted molar refractivity (Wildman–Crippen MR) is 70.1 cm³/mol. The van der Waals surface area contributed by atoms with Crippen LogP contribution in [0.1, 0.15) is 37.7 Å². The molecular formula is C14H17N3O. The second-order valence-corrected chi connectivity index (χ2v) is 5.11. The number of primary amides is 1. The van der Waals surface area contributed by atoms with Crippen molar-refractivity contribution in [3.63, 3.8) is 0 Å². The van der Waals surface area contributed by atoms with E-state index in [0.717, 1.165) is 42.3 Å². The third-order valence-electron chi connectivity index (χ3n) is 4.15. The van der Waals surface area contributed by atoms with Crippen LogP contribution in [0.5, 0.6) is 0 Å². The number of aromatic nitrogens is 2. The second-order valence-electron chi connectivity index (χ2n) is 5.11. The smallest absolute Gasteiger partial charge is 0.228 e. The van der Waals surface area contributed by atoms with E-state index in [2.05, 4.69) is 9.97 Å². The quantitative estimate of drug-likeness (QED) is 0.849. The number of carbonyl (C=O) groups excluding carboxylic acids is 1. The number of hydrogen-bond donors (Lipinski definition) is 2. The zero-order chi connectivity index (χ0) is 12.6. The summed E-state index contributed by atoms with van der Waals surface area (Å²) >= 11 is 0. The predicted octanol–water partition coefficient (Wildman–Crippen LogP) is 2.25. The van der Waals surface area contributed by atoms with E-state index in [4.69, 9.17) is 5.73 Å². The SMILES string of the molecule is NC(=O)C1(c2ccnc3[nH]ccc23)CCCCC1. The fraction of sp³-hybridized carbons (Fsp3) is 0.429. The standard InChI is InChI=1S/C14H17N3O/c15-13(18)14(6-2-1-3-7-14)11-5-9-17-12-10(11)4-8-16-12/h4-5,8-9H,1-3,6-7H2,(H2,15,18)(H,16,17). The lowest BCUT2D eigenvalue weighted by Gasteiger charge is -2.35. The first kappa shape index (κ1) is 11.3. The fourth-order valence-corrected chi connectivity index (χ4v) is 3.18. The number of rotatable bonds is 2. The van der Waals surface area contributed by atoms with Crippen LogP contribution < -0.4 is 5.73 Å². The normalized spacial score (nSPS) is 18.9. The highest BCUT2D eigenvalue weighted by molar-refractivity contribution is 5.93. The molecule has 0 aliphatic heterocycles.